The Balaban J connectivity index is 0.00000220. The number of anilines is 2. The molecule has 0 aliphatic carbocycles. The quantitative estimate of drug-likeness (QED) is 0.171. The predicted molar refractivity (Wildman–Crippen MR) is 142 cm³/mol. The van der Waals surface area contributed by atoms with E-state index in [2.05, 4.69) is 29.9 Å². The minimum atomic E-state index is -5.20. The molecule has 2 heterocycles. The number of nitrogens with zero attached hydrogens (tertiary/aromatic N) is 4. The van der Waals surface area contributed by atoms with Crippen molar-refractivity contribution in [2.75, 3.05) is 31.6 Å². The van der Waals surface area contributed by atoms with Gasteiger partial charge in [0, 0.05) is 22.8 Å². The summed E-state index contributed by atoms with van der Waals surface area (Å²) < 4.78 is 21.3. The molecule has 1 fully saturated rings. The Morgan fingerprint density at radius 1 is 1.00 bits per heavy atom. The van der Waals surface area contributed by atoms with Crippen molar-refractivity contribution in [3.05, 3.63) is 65.2 Å². The SMILES string of the molecule is Cc1cc(-c2cc(OP(=O)([O-])[O-])ccc2Cl)cc2nnc(Nc3ccc(OCCN4CCCC4)cc3)nc12.[Na+].[Na+]. The van der Waals surface area contributed by atoms with Crippen LogP contribution in [-0.4, -0.2) is 46.3 Å². The summed E-state index contributed by atoms with van der Waals surface area (Å²) in [5.74, 6) is 1.02. The molecule has 0 amide bonds. The largest absolute Gasteiger partial charge is 1.00 e. The average Bonchev–Trinajstić information content (AvgIpc) is 3.39. The van der Waals surface area contributed by atoms with E-state index in [1.807, 2.05) is 37.3 Å². The van der Waals surface area contributed by atoms with Crippen LogP contribution in [-0.2, 0) is 4.57 Å². The molecule has 0 bridgehead atoms. The van der Waals surface area contributed by atoms with Gasteiger partial charge in [0.2, 0.25) is 5.95 Å². The molecule has 1 N–H and O–H groups in total. The Hall–Kier alpha value is -1.27. The zero-order valence-corrected chi connectivity index (χ0v) is 28.2. The van der Waals surface area contributed by atoms with E-state index in [9.17, 15) is 14.4 Å². The Labute approximate surface area is 281 Å². The number of ether oxygens (including phenoxy) is 1. The summed E-state index contributed by atoms with van der Waals surface area (Å²) in [5, 5.41) is 12.0. The van der Waals surface area contributed by atoms with Crippen LogP contribution < -0.4 is 83.5 Å². The maximum Gasteiger partial charge on any atom is 1.00 e. The first-order valence-electron chi connectivity index (χ1n) is 12.1. The Morgan fingerprint density at radius 3 is 2.40 bits per heavy atom. The van der Waals surface area contributed by atoms with Crippen molar-refractivity contribution in [2.24, 2.45) is 0 Å². The predicted octanol–water partition coefficient (Wildman–Crippen LogP) is -1.91. The van der Waals surface area contributed by atoms with Gasteiger partial charge in [0.1, 0.15) is 31.4 Å². The summed E-state index contributed by atoms with van der Waals surface area (Å²) in [6, 6.07) is 15.3. The van der Waals surface area contributed by atoms with Crippen molar-refractivity contribution in [3.63, 3.8) is 0 Å². The summed E-state index contributed by atoms with van der Waals surface area (Å²) in [4.78, 5) is 29.0. The minimum absolute atomic E-state index is 0. The second kappa shape index (κ2) is 14.8. The van der Waals surface area contributed by atoms with Crippen molar-refractivity contribution in [2.45, 2.75) is 19.8 Å². The Morgan fingerprint density at radius 2 is 1.70 bits per heavy atom. The minimum Gasteiger partial charge on any atom is -0.780 e. The zero-order chi connectivity index (χ0) is 26.7. The monoisotopic (exact) mass is 599 g/mol. The molecular formula is C26H25ClN5Na2O5P. The number of aryl methyl sites for hydroxylation is 1. The van der Waals surface area contributed by atoms with Crippen molar-refractivity contribution in [1.29, 1.82) is 0 Å². The van der Waals surface area contributed by atoms with Crippen LogP contribution in [0.2, 0.25) is 5.02 Å². The van der Waals surface area contributed by atoms with Crippen molar-refractivity contribution in [3.8, 4) is 22.6 Å². The number of hydrogen-bond acceptors (Lipinski definition) is 10. The molecule has 1 aromatic heterocycles. The molecule has 14 heteroatoms. The van der Waals surface area contributed by atoms with Crippen LogP contribution in [0.25, 0.3) is 22.2 Å². The van der Waals surface area contributed by atoms with Crippen LogP contribution in [0.1, 0.15) is 18.4 Å². The summed E-state index contributed by atoms with van der Waals surface area (Å²) in [5.41, 5.74) is 3.89. The molecular weight excluding hydrogens is 575 g/mol. The first kappa shape index (κ1) is 33.2. The van der Waals surface area contributed by atoms with E-state index < -0.39 is 7.82 Å². The summed E-state index contributed by atoms with van der Waals surface area (Å²) in [6.07, 6.45) is 2.53. The second-order valence-corrected chi connectivity index (χ2v) is 10.5. The molecule has 0 radical (unpaired) electrons. The summed E-state index contributed by atoms with van der Waals surface area (Å²) in [6.45, 7) is 5.77. The van der Waals surface area contributed by atoms with E-state index >= 15 is 0 Å². The molecule has 1 saturated heterocycles. The van der Waals surface area contributed by atoms with Gasteiger partial charge in [-0.05, 0) is 98.6 Å². The van der Waals surface area contributed by atoms with Gasteiger partial charge >= 0.3 is 59.1 Å². The summed E-state index contributed by atoms with van der Waals surface area (Å²) in [7, 11) is -5.20. The number of rotatable bonds is 9. The van der Waals surface area contributed by atoms with Crippen LogP contribution >= 0.6 is 19.4 Å². The van der Waals surface area contributed by atoms with Crippen LogP contribution in [0.15, 0.2) is 54.6 Å². The number of halogens is 1. The number of phosphoric ester groups is 1. The molecule has 0 unspecified atom stereocenters. The van der Waals surface area contributed by atoms with E-state index in [4.69, 9.17) is 16.3 Å². The number of fused-ring (bicyclic) bond motifs is 1. The third kappa shape index (κ3) is 8.86. The standard InChI is InChI=1S/C26H27ClN5O5P.2Na/c1-17-14-18(22-16-21(8-9-23(22)27)37-38(33,34)35)15-24-25(17)29-26(31-30-24)28-19-4-6-20(7-5-19)36-13-12-32-10-2-3-11-32;;/h4-9,14-16H,2-3,10-13H2,1H3,(H,28,29,31)(H2,33,34,35);;/q;2*+1/p-2. The van der Waals surface area contributed by atoms with E-state index in [0.29, 0.717) is 39.7 Å². The summed E-state index contributed by atoms with van der Waals surface area (Å²) >= 11 is 6.34. The number of aromatic nitrogens is 3. The number of benzene rings is 3. The van der Waals surface area contributed by atoms with E-state index in [1.165, 1.54) is 31.0 Å². The van der Waals surface area contributed by atoms with Gasteiger partial charge < -0.3 is 28.9 Å². The van der Waals surface area contributed by atoms with E-state index in [1.54, 1.807) is 6.07 Å². The van der Waals surface area contributed by atoms with Gasteiger partial charge in [0.05, 0.1) is 5.52 Å². The number of phosphoric acid groups is 1. The van der Waals surface area contributed by atoms with Gasteiger partial charge in [-0.2, -0.15) is 0 Å². The third-order valence-electron chi connectivity index (χ3n) is 6.20. The molecule has 1 aliphatic heterocycles. The van der Waals surface area contributed by atoms with E-state index in [-0.39, 0.29) is 64.9 Å². The average molecular weight is 600 g/mol. The Bertz CT molecular complexity index is 1500. The van der Waals surface area contributed by atoms with Crippen molar-refractivity contribution < 1.29 is 82.7 Å². The molecule has 0 saturated carbocycles. The fourth-order valence-electron chi connectivity index (χ4n) is 4.39. The van der Waals surface area contributed by atoms with Crippen molar-refractivity contribution in [1.82, 2.24) is 20.1 Å². The third-order valence-corrected chi connectivity index (χ3v) is 6.97. The number of hydrogen-bond donors (Lipinski definition) is 1. The fourth-order valence-corrected chi connectivity index (χ4v) is 4.99. The molecule has 198 valence electrons. The maximum atomic E-state index is 11.0. The molecule has 5 rings (SSSR count). The van der Waals surface area contributed by atoms with Gasteiger partial charge in [-0.3, -0.25) is 4.90 Å². The molecule has 3 aromatic carbocycles. The Kier molecular flexibility index (Phi) is 12.3. The van der Waals surface area contributed by atoms with Gasteiger partial charge in [-0.1, -0.05) is 11.6 Å². The van der Waals surface area contributed by atoms with Gasteiger partial charge in [-0.15, -0.1) is 10.2 Å². The van der Waals surface area contributed by atoms with Gasteiger partial charge in [0.15, 0.2) is 0 Å². The zero-order valence-electron chi connectivity index (χ0n) is 22.6. The van der Waals surface area contributed by atoms with Crippen LogP contribution in [0.5, 0.6) is 11.5 Å². The first-order valence-corrected chi connectivity index (χ1v) is 14.0. The topological polar surface area (TPSA) is 136 Å². The number of likely N-dealkylation sites (tertiary alicyclic amines) is 1. The molecule has 4 aromatic rings. The van der Waals surface area contributed by atoms with Crippen LogP contribution in [0.3, 0.4) is 0 Å². The van der Waals surface area contributed by atoms with Gasteiger partial charge in [-0.25, -0.2) is 4.98 Å². The number of nitrogens with one attached hydrogen (secondary N) is 1. The van der Waals surface area contributed by atoms with Crippen molar-refractivity contribution >= 4 is 42.1 Å². The second-order valence-electron chi connectivity index (χ2n) is 9.02. The molecule has 0 atom stereocenters. The van der Waals surface area contributed by atoms with Gasteiger partial charge in [0.25, 0.3) is 0 Å². The molecule has 10 nitrogen and oxygen atoms in total. The molecule has 1 aliphatic rings. The first-order chi connectivity index (χ1) is 18.2. The van der Waals surface area contributed by atoms with E-state index in [0.717, 1.165) is 36.6 Å². The van der Waals surface area contributed by atoms with Crippen LogP contribution in [0, 0.1) is 6.92 Å². The smallest absolute Gasteiger partial charge is 0.780 e. The normalized spacial score (nSPS) is 13.4. The van der Waals surface area contributed by atoms with Crippen LogP contribution in [0.4, 0.5) is 11.6 Å². The maximum absolute atomic E-state index is 11.0. The fraction of sp³-hybridized carbons (Fsp3) is 0.269. The molecule has 40 heavy (non-hydrogen) atoms. The molecule has 0 spiro atoms.